The minimum Gasteiger partial charge on any atom is -0.492 e. The maximum Gasteiger partial charge on any atom is 0.534 e. The molecule has 0 aliphatic carbocycles. The lowest BCUT2D eigenvalue weighted by atomic mass is 9.97. The molecule has 8 nitrogen and oxygen atoms in total. The Kier molecular flexibility index (Phi) is 6.17. The first-order chi connectivity index (χ1) is 17.2. The Labute approximate surface area is 201 Å². The summed E-state index contributed by atoms with van der Waals surface area (Å²) in [7, 11) is 1.23. The number of methoxy groups -OCH3 is 1. The van der Waals surface area contributed by atoms with Gasteiger partial charge in [-0.1, -0.05) is 71.0 Å². The molecule has 176 valence electrons. The number of benzene rings is 4. The molecule has 8 heteroatoms. The molecule has 0 atom stereocenters. The van der Waals surface area contributed by atoms with Gasteiger partial charge < -0.3 is 19.4 Å². The van der Waals surface area contributed by atoms with Gasteiger partial charge >= 0.3 is 6.16 Å². The summed E-state index contributed by atoms with van der Waals surface area (Å²) in [6.45, 7) is 0.852. The van der Waals surface area contributed by atoms with Crippen molar-refractivity contribution in [2.45, 2.75) is 6.42 Å². The van der Waals surface area contributed by atoms with Crippen LogP contribution in [-0.4, -0.2) is 43.1 Å². The van der Waals surface area contributed by atoms with Crippen molar-refractivity contribution < 1.29 is 29.0 Å². The Balaban J connectivity index is 0.000000147. The van der Waals surface area contributed by atoms with Crippen LogP contribution in [0.4, 0.5) is 4.79 Å². The fourth-order valence-electron chi connectivity index (χ4n) is 4.24. The lowest BCUT2D eigenvalue weighted by Crippen LogP contribution is -2.16. The lowest BCUT2D eigenvalue weighted by molar-refractivity contribution is 0.0751. The fraction of sp³-hybridized carbons (Fsp3) is 0.148. The molecule has 2 heterocycles. The van der Waals surface area contributed by atoms with Crippen LogP contribution in [0.2, 0.25) is 0 Å². The molecule has 0 bridgehead atoms. The number of carbonyl (C=O) groups excluding carboxylic acids is 1. The summed E-state index contributed by atoms with van der Waals surface area (Å²) in [4.78, 5) is 15.6. The third kappa shape index (κ3) is 4.33. The molecule has 0 saturated heterocycles. The van der Waals surface area contributed by atoms with Gasteiger partial charge in [-0.2, -0.15) is 0 Å². The number of oxime groups is 2. The Morgan fingerprint density at radius 1 is 0.829 bits per heavy atom. The molecule has 0 spiro atoms. The number of carbonyl (C=O) groups is 1. The topological polar surface area (TPSA) is 98.9 Å². The van der Waals surface area contributed by atoms with E-state index in [1.54, 1.807) is 0 Å². The van der Waals surface area contributed by atoms with Gasteiger partial charge in [0, 0.05) is 12.0 Å². The summed E-state index contributed by atoms with van der Waals surface area (Å²) < 4.78 is 15.5. The lowest BCUT2D eigenvalue weighted by Gasteiger charge is -2.19. The number of ether oxygens (including phenoxy) is 3. The van der Waals surface area contributed by atoms with E-state index in [9.17, 15) is 4.79 Å². The molecule has 0 saturated carbocycles. The zero-order valence-electron chi connectivity index (χ0n) is 18.9. The van der Waals surface area contributed by atoms with Crippen molar-refractivity contribution in [3.63, 3.8) is 0 Å². The first-order valence-electron chi connectivity index (χ1n) is 11.0. The molecule has 4 aromatic rings. The van der Waals surface area contributed by atoms with E-state index in [-0.39, 0.29) is 6.61 Å². The molecule has 0 unspecified atom stereocenters. The molecule has 2 aliphatic heterocycles. The van der Waals surface area contributed by atoms with Crippen LogP contribution in [0.5, 0.6) is 11.5 Å². The first kappa shape index (κ1) is 22.2. The van der Waals surface area contributed by atoms with Crippen molar-refractivity contribution in [2.75, 3.05) is 20.3 Å². The molecular formula is C27H22N2O6. The van der Waals surface area contributed by atoms with Gasteiger partial charge in [0.05, 0.1) is 25.0 Å². The van der Waals surface area contributed by atoms with Crippen LogP contribution in [0.1, 0.15) is 17.5 Å². The van der Waals surface area contributed by atoms with Crippen LogP contribution in [0.25, 0.3) is 21.5 Å². The van der Waals surface area contributed by atoms with E-state index in [1.165, 1.54) is 7.11 Å². The van der Waals surface area contributed by atoms with Crippen LogP contribution < -0.4 is 9.47 Å². The van der Waals surface area contributed by atoms with E-state index in [4.69, 9.17) is 14.7 Å². The summed E-state index contributed by atoms with van der Waals surface area (Å²) >= 11 is 0. The first-order valence-corrected chi connectivity index (χ1v) is 11.0. The molecule has 1 N–H and O–H groups in total. The van der Waals surface area contributed by atoms with Gasteiger partial charge in [-0.25, -0.2) is 4.79 Å². The van der Waals surface area contributed by atoms with Gasteiger partial charge in [-0.15, -0.1) is 0 Å². The number of fused-ring (bicyclic) bond motifs is 6. The summed E-state index contributed by atoms with van der Waals surface area (Å²) in [5.74, 6) is 1.55. The quantitative estimate of drug-likeness (QED) is 0.170. The van der Waals surface area contributed by atoms with Crippen LogP contribution in [0.15, 0.2) is 83.1 Å². The number of hydrogen-bond donors (Lipinski definition) is 1. The van der Waals surface area contributed by atoms with Gasteiger partial charge in [0.15, 0.2) is 0 Å². The largest absolute Gasteiger partial charge is 0.534 e. The number of nitrogens with zero attached hydrogens (tertiary/aromatic N) is 2. The second-order valence-corrected chi connectivity index (χ2v) is 7.84. The van der Waals surface area contributed by atoms with E-state index in [1.807, 2.05) is 72.8 Å². The fourth-order valence-corrected chi connectivity index (χ4v) is 4.24. The van der Waals surface area contributed by atoms with E-state index < -0.39 is 6.16 Å². The average molecular weight is 470 g/mol. The van der Waals surface area contributed by atoms with Gasteiger partial charge in [0.25, 0.3) is 0 Å². The summed E-state index contributed by atoms with van der Waals surface area (Å²) in [5, 5.41) is 20.5. The highest BCUT2D eigenvalue weighted by atomic mass is 16.8. The monoisotopic (exact) mass is 470 g/mol. The Morgan fingerprint density at radius 3 is 2.06 bits per heavy atom. The molecule has 0 aromatic heterocycles. The average Bonchev–Trinajstić information content (AvgIpc) is 3.35. The minimum absolute atomic E-state index is 0.278. The van der Waals surface area contributed by atoms with Gasteiger partial charge in [-0.05, 0) is 33.7 Å². The smallest absolute Gasteiger partial charge is 0.492 e. The van der Waals surface area contributed by atoms with Crippen LogP contribution in [-0.2, 0) is 9.57 Å². The Hall–Kier alpha value is -4.59. The van der Waals surface area contributed by atoms with Crippen LogP contribution in [0.3, 0.4) is 0 Å². The summed E-state index contributed by atoms with van der Waals surface area (Å²) in [6, 6.07) is 23.8. The number of rotatable bonds is 1. The SMILES string of the molecule is COC(=O)O/N=C1\COc2ccc3ccccc3c21.O/N=C1\CCOc2ccc3ccccc3c21. The zero-order chi connectivity index (χ0) is 24.2. The van der Waals surface area contributed by atoms with Gasteiger partial charge in [-0.3, -0.25) is 4.84 Å². The standard InChI is InChI=1S/C14H11NO4.C13H11NO2/c1-17-14(16)19-15-11-8-18-12-7-6-9-4-2-3-5-10(9)13(11)12;15-14-11-7-8-16-12-6-5-9-3-1-2-4-10(9)13(11)12/h2-7H,8H2,1H3;1-6,15H,7-8H2/b15-11+;14-11+. The molecule has 4 aromatic carbocycles. The predicted molar refractivity (Wildman–Crippen MR) is 132 cm³/mol. The number of hydrogen-bond acceptors (Lipinski definition) is 8. The molecule has 0 amide bonds. The van der Waals surface area contributed by atoms with E-state index >= 15 is 0 Å². The van der Waals surface area contributed by atoms with Crippen molar-refractivity contribution in [3.05, 3.63) is 83.9 Å². The van der Waals surface area contributed by atoms with Crippen molar-refractivity contribution >= 4 is 39.1 Å². The zero-order valence-corrected chi connectivity index (χ0v) is 18.9. The Bertz CT molecular complexity index is 1480. The van der Waals surface area contributed by atoms with E-state index in [0.717, 1.165) is 44.2 Å². The second-order valence-electron chi connectivity index (χ2n) is 7.84. The summed E-state index contributed by atoms with van der Waals surface area (Å²) in [6.07, 6.45) is -0.196. The molecule has 0 fully saturated rings. The molecular weight excluding hydrogens is 448 g/mol. The molecule has 35 heavy (non-hydrogen) atoms. The maximum absolute atomic E-state index is 11.0. The second kappa shape index (κ2) is 9.72. The van der Waals surface area contributed by atoms with Crippen molar-refractivity contribution in [1.29, 1.82) is 0 Å². The highest BCUT2D eigenvalue weighted by Gasteiger charge is 2.23. The van der Waals surface area contributed by atoms with Crippen molar-refractivity contribution in [3.8, 4) is 11.5 Å². The highest BCUT2D eigenvalue weighted by Crippen LogP contribution is 2.33. The molecule has 0 radical (unpaired) electrons. The van der Waals surface area contributed by atoms with Gasteiger partial charge in [0.1, 0.15) is 23.8 Å². The Morgan fingerprint density at radius 2 is 1.43 bits per heavy atom. The molecule has 2 aliphatic rings. The summed E-state index contributed by atoms with van der Waals surface area (Å²) in [5.41, 5.74) is 3.07. The van der Waals surface area contributed by atoms with Crippen molar-refractivity contribution in [2.24, 2.45) is 10.3 Å². The van der Waals surface area contributed by atoms with Crippen molar-refractivity contribution in [1.82, 2.24) is 0 Å². The minimum atomic E-state index is -0.846. The van der Waals surface area contributed by atoms with Crippen LogP contribution in [0, 0.1) is 0 Å². The highest BCUT2D eigenvalue weighted by molar-refractivity contribution is 6.15. The van der Waals surface area contributed by atoms with E-state index in [0.29, 0.717) is 24.5 Å². The third-order valence-corrected chi connectivity index (χ3v) is 5.84. The third-order valence-electron chi connectivity index (χ3n) is 5.84. The normalized spacial score (nSPS) is 16.0. The van der Waals surface area contributed by atoms with E-state index in [2.05, 4.69) is 19.9 Å². The molecule has 6 rings (SSSR count). The predicted octanol–water partition coefficient (Wildman–Crippen LogP) is 5.52. The van der Waals surface area contributed by atoms with Gasteiger partial charge in [0.2, 0.25) is 0 Å². The maximum atomic E-state index is 11.0. The van der Waals surface area contributed by atoms with Crippen LogP contribution >= 0.6 is 0 Å².